The highest BCUT2D eigenvalue weighted by Crippen LogP contribution is 2.27. The molecule has 1 aliphatic carbocycles. The van der Waals surface area contributed by atoms with Gasteiger partial charge in [-0.2, -0.15) is 11.3 Å². The van der Waals surface area contributed by atoms with Gasteiger partial charge in [0.2, 0.25) is 5.91 Å². The Bertz CT molecular complexity index is 339. The molecular weight excluding hydrogens is 286 g/mol. The van der Waals surface area contributed by atoms with Gasteiger partial charge < -0.3 is 5.32 Å². The van der Waals surface area contributed by atoms with Gasteiger partial charge in [-0.1, -0.05) is 22.4 Å². The first-order valence-electron chi connectivity index (χ1n) is 5.66. The number of hydrogen-bond donors (Lipinski definition) is 1. The normalized spacial score (nSPS) is 24.6. The number of halogens is 1. The fourth-order valence-electron chi connectivity index (χ4n) is 2.25. The van der Waals surface area contributed by atoms with Crippen molar-refractivity contribution in [2.45, 2.75) is 31.7 Å². The first-order valence-corrected chi connectivity index (χ1v) is 7.72. The van der Waals surface area contributed by atoms with Crippen LogP contribution in [-0.2, 0) is 11.2 Å². The molecule has 2 unspecified atom stereocenters. The maximum atomic E-state index is 11.8. The van der Waals surface area contributed by atoms with E-state index >= 15 is 0 Å². The topological polar surface area (TPSA) is 29.1 Å². The molecule has 1 N–H and O–H groups in total. The van der Waals surface area contributed by atoms with Gasteiger partial charge in [-0.3, -0.25) is 4.79 Å². The van der Waals surface area contributed by atoms with Gasteiger partial charge in [0.15, 0.2) is 0 Å². The molecule has 2 rings (SSSR count). The van der Waals surface area contributed by atoms with Crippen molar-refractivity contribution < 1.29 is 4.79 Å². The summed E-state index contributed by atoms with van der Waals surface area (Å²) in [5, 5.41) is 8.20. The van der Waals surface area contributed by atoms with Gasteiger partial charge in [0.1, 0.15) is 0 Å². The molecule has 1 aliphatic rings. The van der Waals surface area contributed by atoms with Gasteiger partial charge in [-0.25, -0.2) is 0 Å². The predicted octanol–water partition coefficient (Wildman–Crippen LogP) is 2.97. The fraction of sp³-hybridized carbons (Fsp3) is 0.583. The molecule has 0 aromatic carbocycles. The second kappa shape index (κ2) is 5.82. The van der Waals surface area contributed by atoms with Crippen LogP contribution in [0.2, 0.25) is 0 Å². The van der Waals surface area contributed by atoms with Crippen LogP contribution in [0.3, 0.4) is 0 Å². The third-order valence-electron chi connectivity index (χ3n) is 3.15. The summed E-state index contributed by atoms with van der Waals surface area (Å²) in [7, 11) is 0. The van der Waals surface area contributed by atoms with Crippen LogP contribution in [0.4, 0.5) is 0 Å². The summed E-state index contributed by atoms with van der Waals surface area (Å²) in [6.07, 6.45) is 4.12. The summed E-state index contributed by atoms with van der Waals surface area (Å²) < 4.78 is 0. The van der Waals surface area contributed by atoms with E-state index in [1.807, 2.05) is 16.8 Å². The van der Waals surface area contributed by atoms with Crippen molar-refractivity contribution in [1.82, 2.24) is 5.32 Å². The van der Waals surface area contributed by atoms with Crippen molar-refractivity contribution in [2.75, 3.05) is 5.33 Å². The quantitative estimate of drug-likeness (QED) is 0.851. The zero-order valence-electron chi connectivity index (χ0n) is 9.12. The zero-order chi connectivity index (χ0) is 11.4. The fourth-order valence-corrected chi connectivity index (χ4v) is 3.69. The Morgan fingerprint density at radius 2 is 2.44 bits per heavy atom. The molecule has 2 atom stereocenters. The van der Waals surface area contributed by atoms with Crippen LogP contribution < -0.4 is 5.32 Å². The van der Waals surface area contributed by atoms with Crippen molar-refractivity contribution in [2.24, 2.45) is 5.92 Å². The van der Waals surface area contributed by atoms with Crippen LogP contribution in [0.15, 0.2) is 16.8 Å². The number of nitrogens with one attached hydrogen (secondary N) is 1. The maximum Gasteiger partial charge on any atom is 0.224 e. The number of hydrogen-bond acceptors (Lipinski definition) is 2. The summed E-state index contributed by atoms with van der Waals surface area (Å²) >= 11 is 5.16. The van der Waals surface area contributed by atoms with Crippen LogP contribution in [0.1, 0.15) is 24.8 Å². The molecule has 1 heterocycles. The number of alkyl halides is 1. The van der Waals surface area contributed by atoms with E-state index in [1.165, 1.54) is 12.8 Å². The second-order valence-electron chi connectivity index (χ2n) is 4.33. The van der Waals surface area contributed by atoms with E-state index < -0.39 is 0 Å². The highest BCUT2D eigenvalue weighted by Gasteiger charge is 2.27. The Kier molecular flexibility index (Phi) is 4.41. The Balaban J connectivity index is 1.83. The molecule has 4 heteroatoms. The lowest BCUT2D eigenvalue weighted by molar-refractivity contribution is -0.121. The first kappa shape index (κ1) is 12.1. The van der Waals surface area contributed by atoms with E-state index in [0.717, 1.165) is 17.3 Å². The molecule has 1 amide bonds. The number of thiophene rings is 1. The van der Waals surface area contributed by atoms with Crippen LogP contribution in [-0.4, -0.2) is 17.3 Å². The Labute approximate surface area is 109 Å². The monoisotopic (exact) mass is 301 g/mol. The number of amides is 1. The van der Waals surface area contributed by atoms with Crippen molar-refractivity contribution >= 4 is 33.2 Å². The molecule has 88 valence electrons. The Hall–Kier alpha value is -0.350. The van der Waals surface area contributed by atoms with Gasteiger partial charge in [0, 0.05) is 11.4 Å². The van der Waals surface area contributed by atoms with Crippen molar-refractivity contribution in [3.63, 3.8) is 0 Å². The summed E-state index contributed by atoms with van der Waals surface area (Å²) in [6.45, 7) is 0. The smallest absolute Gasteiger partial charge is 0.224 e. The van der Waals surface area contributed by atoms with E-state index in [2.05, 4.69) is 21.2 Å². The SMILES string of the molecule is O=C(Cc1ccsc1)NC1CCCC1CBr. The third kappa shape index (κ3) is 3.08. The molecule has 0 aliphatic heterocycles. The molecule has 0 bridgehead atoms. The van der Waals surface area contributed by atoms with Gasteiger partial charge in [0.25, 0.3) is 0 Å². The standard InChI is InChI=1S/C12H16BrNOS/c13-7-10-2-1-3-11(10)14-12(15)6-9-4-5-16-8-9/h4-5,8,10-11H,1-3,6-7H2,(H,14,15). The first-order chi connectivity index (χ1) is 7.79. The van der Waals surface area contributed by atoms with Crippen molar-refractivity contribution in [3.8, 4) is 0 Å². The van der Waals surface area contributed by atoms with Crippen LogP contribution in [0.25, 0.3) is 0 Å². The molecule has 1 aromatic heterocycles. The predicted molar refractivity (Wildman–Crippen MR) is 71.1 cm³/mol. The van der Waals surface area contributed by atoms with Gasteiger partial charge >= 0.3 is 0 Å². The lowest BCUT2D eigenvalue weighted by atomic mass is 10.1. The molecular formula is C12H16BrNOS. The maximum absolute atomic E-state index is 11.8. The summed E-state index contributed by atoms with van der Waals surface area (Å²) in [6, 6.07) is 2.39. The van der Waals surface area contributed by atoms with E-state index in [4.69, 9.17) is 0 Å². The summed E-state index contributed by atoms with van der Waals surface area (Å²) in [5.74, 6) is 0.780. The van der Waals surface area contributed by atoms with Gasteiger partial charge in [-0.15, -0.1) is 0 Å². The molecule has 1 aromatic rings. The third-order valence-corrected chi connectivity index (χ3v) is 4.71. The van der Waals surface area contributed by atoms with Crippen LogP contribution in [0.5, 0.6) is 0 Å². The Morgan fingerprint density at radius 1 is 1.56 bits per heavy atom. The van der Waals surface area contributed by atoms with E-state index in [1.54, 1.807) is 11.3 Å². The zero-order valence-corrected chi connectivity index (χ0v) is 11.5. The minimum atomic E-state index is 0.163. The molecule has 1 saturated carbocycles. The molecule has 16 heavy (non-hydrogen) atoms. The number of carbonyl (C=O) groups excluding carboxylic acids is 1. The van der Waals surface area contributed by atoms with Crippen LogP contribution in [0, 0.1) is 5.92 Å². The molecule has 1 fully saturated rings. The highest BCUT2D eigenvalue weighted by molar-refractivity contribution is 9.09. The average molecular weight is 302 g/mol. The number of rotatable bonds is 4. The van der Waals surface area contributed by atoms with Crippen LogP contribution >= 0.6 is 27.3 Å². The van der Waals surface area contributed by atoms with Gasteiger partial charge in [0.05, 0.1) is 6.42 Å². The number of carbonyl (C=O) groups is 1. The lowest BCUT2D eigenvalue weighted by Crippen LogP contribution is -2.38. The molecule has 2 nitrogen and oxygen atoms in total. The molecule has 0 saturated heterocycles. The molecule has 0 spiro atoms. The van der Waals surface area contributed by atoms with E-state index in [9.17, 15) is 4.79 Å². The Morgan fingerprint density at radius 3 is 3.12 bits per heavy atom. The van der Waals surface area contributed by atoms with Gasteiger partial charge in [-0.05, 0) is 41.1 Å². The average Bonchev–Trinajstić information content (AvgIpc) is 2.88. The summed E-state index contributed by atoms with van der Waals surface area (Å²) in [4.78, 5) is 11.8. The largest absolute Gasteiger partial charge is 0.353 e. The van der Waals surface area contributed by atoms with E-state index in [0.29, 0.717) is 18.4 Å². The molecule has 0 radical (unpaired) electrons. The minimum Gasteiger partial charge on any atom is -0.353 e. The van der Waals surface area contributed by atoms with Crippen molar-refractivity contribution in [1.29, 1.82) is 0 Å². The lowest BCUT2D eigenvalue weighted by Gasteiger charge is -2.18. The van der Waals surface area contributed by atoms with E-state index in [-0.39, 0.29) is 5.91 Å². The van der Waals surface area contributed by atoms with Crippen molar-refractivity contribution in [3.05, 3.63) is 22.4 Å². The summed E-state index contributed by atoms with van der Waals surface area (Å²) in [5.41, 5.74) is 1.12. The minimum absolute atomic E-state index is 0.163. The second-order valence-corrected chi connectivity index (χ2v) is 5.76. The highest BCUT2D eigenvalue weighted by atomic mass is 79.9.